The number of thioether (sulfide) groups is 1. The van der Waals surface area contributed by atoms with Gasteiger partial charge in [0.1, 0.15) is 0 Å². The van der Waals surface area contributed by atoms with E-state index in [0.29, 0.717) is 11.3 Å². The minimum atomic E-state index is 0.528. The molecule has 1 aromatic rings. The first kappa shape index (κ1) is 9.98. The van der Waals surface area contributed by atoms with Crippen LogP contribution >= 0.6 is 23.1 Å². The van der Waals surface area contributed by atoms with Crippen molar-refractivity contribution in [3.8, 4) is 0 Å². The highest BCUT2D eigenvalue weighted by atomic mass is 32.2. The zero-order valence-corrected chi connectivity index (χ0v) is 9.86. The summed E-state index contributed by atoms with van der Waals surface area (Å²) in [6.07, 6.45) is 1.88. The summed E-state index contributed by atoms with van der Waals surface area (Å²) in [6.45, 7) is 5.16. The lowest BCUT2D eigenvalue weighted by molar-refractivity contribution is 0.678. The summed E-state index contributed by atoms with van der Waals surface area (Å²) in [6, 6.07) is 0.528. The minimum absolute atomic E-state index is 0.528. The van der Waals surface area contributed by atoms with Gasteiger partial charge >= 0.3 is 0 Å². The van der Waals surface area contributed by atoms with Gasteiger partial charge in [-0.15, -0.1) is 11.3 Å². The number of aliphatic imine (C=N–C) groups is 1. The first-order chi connectivity index (χ1) is 6.75. The number of nitrogens with zero attached hydrogens (tertiary/aromatic N) is 2. The van der Waals surface area contributed by atoms with Gasteiger partial charge in [0, 0.05) is 22.4 Å². The fraction of sp³-hybridized carbons (Fsp3) is 0.556. The Hall–Kier alpha value is -0.550. The van der Waals surface area contributed by atoms with Crippen LogP contribution in [-0.2, 0) is 6.54 Å². The Bertz CT molecular complexity index is 309. The van der Waals surface area contributed by atoms with Crippen molar-refractivity contribution in [2.45, 2.75) is 31.7 Å². The van der Waals surface area contributed by atoms with Gasteiger partial charge < -0.3 is 5.32 Å². The van der Waals surface area contributed by atoms with Crippen molar-refractivity contribution in [2.24, 2.45) is 4.99 Å². The third kappa shape index (κ3) is 2.27. The van der Waals surface area contributed by atoms with E-state index in [9.17, 15) is 0 Å². The molecule has 76 valence electrons. The molecule has 0 saturated carbocycles. The maximum Gasteiger partial charge on any atom is 0.157 e. The number of rotatable bonds is 2. The Kier molecular flexibility index (Phi) is 3.08. The van der Waals surface area contributed by atoms with Crippen LogP contribution in [0.2, 0.25) is 0 Å². The van der Waals surface area contributed by atoms with Crippen LogP contribution in [0, 0.1) is 0 Å². The molecular weight excluding hydrogens is 214 g/mol. The summed E-state index contributed by atoms with van der Waals surface area (Å²) < 4.78 is 0. The van der Waals surface area contributed by atoms with Gasteiger partial charge in [-0.1, -0.05) is 18.7 Å². The molecule has 0 aromatic carbocycles. The standard InChI is InChI=1S/C9H13N3S2/c1-6-7(2)14-9(12-6)11-4-8-3-10-5-13-8/h3,5-7H,4H2,1-2H3,(H,11,12). The monoisotopic (exact) mass is 227 g/mol. The van der Waals surface area contributed by atoms with Gasteiger partial charge in [0.15, 0.2) is 5.17 Å². The van der Waals surface area contributed by atoms with E-state index in [1.54, 1.807) is 11.3 Å². The molecule has 1 N–H and O–H groups in total. The Morgan fingerprint density at radius 1 is 1.57 bits per heavy atom. The second-order valence-corrected chi connectivity index (χ2v) is 5.68. The average Bonchev–Trinajstić information content (AvgIpc) is 2.74. The highest BCUT2D eigenvalue weighted by Crippen LogP contribution is 2.23. The maximum absolute atomic E-state index is 4.51. The first-order valence-corrected chi connectivity index (χ1v) is 6.36. The minimum Gasteiger partial charge on any atom is -0.361 e. The Balaban J connectivity index is 1.93. The molecule has 2 rings (SSSR count). The zero-order chi connectivity index (χ0) is 9.97. The molecule has 0 bridgehead atoms. The van der Waals surface area contributed by atoms with E-state index in [0.717, 1.165) is 11.7 Å². The number of nitrogens with one attached hydrogen (secondary N) is 1. The number of aromatic nitrogens is 1. The maximum atomic E-state index is 4.51. The molecule has 2 heterocycles. The zero-order valence-electron chi connectivity index (χ0n) is 8.23. The van der Waals surface area contributed by atoms with Crippen molar-refractivity contribution in [3.05, 3.63) is 16.6 Å². The molecule has 2 atom stereocenters. The van der Waals surface area contributed by atoms with E-state index in [4.69, 9.17) is 0 Å². The van der Waals surface area contributed by atoms with Crippen molar-refractivity contribution in [3.63, 3.8) is 0 Å². The van der Waals surface area contributed by atoms with E-state index in [1.165, 1.54) is 4.88 Å². The van der Waals surface area contributed by atoms with Crippen LogP contribution in [-0.4, -0.2) is 21.4 Å². The topological polar surface area (TPSA) is 37.3 Å². The summed E-state index contributed by atoms with van der Waals surface area (Å²) in [5.74, 6) is 0. The summed E-state index contributed by atoms with van der Waals surface area (Å²) in [4.78, 5) is 9.74. The number of thiazole rings is 1. The van der Waals surface area contributed by atoms with E-state index >= 15 is 0 Å². The number of hydrogen-bond donors (Lipinski definition) is 1. The van der Waals surface area contributed by atoms with Crippen molar-refractivity contribution in [1.82, 2.24) is 10.3 Å². The van der Waals surface area contributed by atoms with Gasteiger partial charge in [0.2, 0.25) is 0 Å². The van der Waals surface area contributed by atoms with E-state index in [2.05, 4.69) is 29.1 Å². The van der Waals surface area contributed by atoms with Gasteiger partial charge in [-0.3, -0.25) is 9.98 Å². The molecule has 1 aliphatic rings. The summed E-state index contributed by atoms with van der Waals surface area (Å²) in [5.41, 5.74) is 1.84. The highest BCUT2D eigenvalue weighted by molar-refractivity contribution is 8.14. The van der Waals surface area contributed by atoms with Crippen LogP contribution in [0.5, 0.6) is 0 Å². The quantitative estimate of drug-likeness (QED) is 0.841. The van der Waals surface area contributed by atoms with Crippen molar-refractivity contribution in [1.29, 1.82) is 0 Å². The smallest absolute Gasteiger partial charge is 0.157 e. The molecular formula is C9H13N3S2. The lowest BCUT2D eigenvalue weighted by atomic mass is 10.3. The Morgan fingerprint density at radius 3 is 3.00 bits per heavy atom. The van der Waals surface area contributed by atoms with Gasteiger partial charge in [0.05, 0.1) is 12.1 Å². The SMILES string of the molecule is CC1NC(=NCc2cncs2)SC1C. The molecule has 3 nitrogen and oxygen atoms in total. The predicted molar refractivity (Wildman–Crippen MR) is 62.9 cm³/mol. The molecule has 1 aliphatic heterocycles. The van der Waals surface area contributed by atoms with Gasteiger partial charge in [-0.05, 0) is 6.92 Å². The Labute approximate surface area is 92.0 Å². The predicted octanol–water partition coefficient (Wildman–Crippen LogP) is 2.11. The summed E-state index contributed by atoms with van der Waals surface area (Å²) in [7, 11) is 0. The highest BCUT2D eigenvalue weighted by Gasteiger charge is 2.23. The fourth-order valence-corrected chi connectivity index (χ4v) is 2.71. The van der Waals surface area contributed by atoms with E-state index in [-0.39, 0.29) is 0 Å². The average molecular weight is 227 g/mol. The summed E-state index contributed by atoms with van der Waals surface area (Å²) in [5, 5.41) is 5.05. The van der Waals surface area contributed by atoms with Crippen molar-refractivity contribution in [2.75, 3.05) is 0 Å². The summed E-state index contributed by atoms with van der Waals surface area (Å²) >= 11 is 3.47. The number of amidine groups is 1. The van der Waals surface area contributed by atoms with Crippen molar-refractivity contribution < 1.29 is 0 Å². The largest absolute Gasteiger partial charge is 0.361 e. The van der Waals surface area contributed by atoms with Crippen molar-refractivity contribution >= 4 is 28.3 Å². The van der Waals surface area contributed by atoms with Crippen LogP contribution in [0.25, 0.3) is 0 Å². The van der Waals surface area contributed by atoms with E-state index in [1.807, 2.05) is 23.5 Å². The van der Waals surface area contributed by atoms with Gasteiger partial charge in [-0.2, -0.15) is 0 Å². The molecule has 0 amide bonds. The van der Waals surface area contributed by atoms with Gasteiger partial charge in [-0.25, -0.2) is 0 Å². The van der Waals surface area contributed by atoms with Crippen LogP contribution in [0.15, 0.2) is 16.7 Å². The van der Waals surface area contributed by atoms with Crippen LogP contribution in [0.1, 0.15) is 18.7 Å². The van der Waals surface area contributed by atoms with Crippen LogP contribution in [0.4, 0.5) is 0 Å². The molecule has 14 heavy (non-hydrogen) atoms. The number of hydrogen-bond acceptors (Lipinski definition) is 4. The molecule has 1 saturated heterocycles. The lowest BCUT2D eigenvalue weighted by Gasteiger charge is -2.04. The third-order valence-corrected chi connectivity index (χ3v) is 4.23. The molecule has 2 unspecified atom stereocenters. The Morgan fingerprint density at radius 2 is 2.43 bits per heavy atom. The first-order valence-electron chi connectivity index (χ1n) is 4.60. The molecule has 5 heteroatoms. The molecule has 0 spiro atoms. The van der Waals surface area contributed by atoms with Crippen LogP contribution in [0.3, 0.4) is 0 Å². The molecule has 0 radical (unpaired) electrons. The molecule has 1 fully saturated rings. The second-order valence-electron chi connectivity index (χ2n) is 3.35. The van der Waals surface area contributed by atoms with Gasteiger partial charge in [0.25, 0.3) is 0 Å². The molecule has 0 aliphatic carbocycles. The normalized spacial score (nSPS) is 29.4. The third-order valence-electron chi connectivity index (χ3n) is 2.21. The lowest BCUT2D eigenvalue weighted by Crippen LogP contribution is -2.26. The second kappa shape index (κ2) is 4.31. The van der Waals surface area contributed by atoms with Crippen LogP contribution < -0.4 is 5.32 Å². The fourth-order valence-electron chi connectivity index (χ4n) is 1.18. The van der Waals surface area contributed by atoms with E-state index < -0.39 is 0 Å². The molecule has 1 aromatic heterocycles.